The molecule has 22 heavy (non-hydrogen) atoms. The fourth-order valence-electron chi connectivity index (χ4n) is 2.98. The van der Waals surface area contributed by atoms with Gasteiger partial charge in [-0.05, 0) is 30.9 Å². The van der Waals surface area contributed by atoms with Crippen LogP contribution < -0.4 is 0 Å². The van der Waals surface area contributed by atoms with Crippen LogP contribution in [0.15, 0.2) is 48.8 Å². The van der Waals surface area contributed by atoms with Crippen LogP contribution in [0.2, 0.25) is 0 Å². The summed E-state index contributed by atoms with van der Waals surface area (Å²) < 4.78 is 1.80. The van der Waals surface area contributed by atoms with Crippen molar-refractivity contribution in [1.82, 2.24) is 14.7 Å². The van der Waals surface area contributed by atoms with E-state index in [1.807, 2.05) is 60.7 Å². The Balaban J connectivity index is 1.75. The van der Waals surface area contributed by atoms with Crippen molar-refractivity contribution in [2.75, 3.05) is 6.54 Å². The maximum absolute atomic E-state index is 12.6. The normalized spacial score (nSPS) is 18.8. The van der Waals surface area contributed by atoms with Crippen LogP contribution in [0.1, 0.15) is 36.4 Å². The van der Waals surface area contributed by atoms with Crippen molar-refractivity contribution in [2.24, 2.45) is 7.05 Å². The predicted molar refractivity (Wildman–Crippen MR) is 87.0 cm³/mol. The highest BCUT2D eigenvalue weighted by atomic mass is 16.2. The summed E-state index contributed by atoms with van der Waals surface area (Å²) in [6, 6.07) is 10.1. The minimum Gasteiger partial charge on any atom is -0.332 e. The van der Waals surface area contributed by atoms with Crippen molar-refractivity contribution in [2.45, 2.75) is 25.3 Å². The first-order valence-corrected chi connectivity index (χ1v) is 7.76. The number of hydrogen-bond acceptors (Lipinski definition) is 2. The maximum Gasteiger partial charge on any atom is 0.247 e. The third kappa shape index (κ3) is 3.27. The molecule has 0 N–H and O–H groups in total. The van der Waals surface area contributed by atoms with Crippen LogP contribution >= 0.6 is 0 Å². The molecule has 0 saturated carbocycles. The average Bonchev–Trinajstić information content (AvgIpc) is 3.00. The fraction of sp³-hybridized carbons (Fsp3) is 0.333. The lowest BCUT2D eigenvalue weighted by Gasteiger charge is -2.34. The third-order valence-electron chi connectivity index (χ3n) is 4.11. The number of benzene rings is 1. The number of amides is 1. The van der Waals surface area contributed by atoms with E-state index >= 15 is 0 Å². The van der Waals surface area contributed by atoms with Gasteiger partial charge in [-0.15, -0.1) is 0 Å². The van der Waals surface area contributed by atoms with Crippen molar-refractivity contribution in [3.8, 4) is 0 Å². The second-order valence-electron chi connectivity index (χ2n) is 5.73. The smallest absolute Gasteiger partial charge is 0.247 e. The summed E-state index contributed by atoms with van der Waals surface area (Å²) in [7, 11) is 1.91. The van der Waals surface area contributed by atoms with Crippen molar-refractivity contribution in [3.63, 3.8) is 0 Å². The Morgan fingerprint density at radius 2 is 2.09 bits per heavy atom. The van der Waals surface area contributed by atoms with Crippen LogP contribution in [0.4, 0.5) is 0 Å². The number of hydrogen-bond donors (Lipinski definition) is 0. The molecule has 1 amide bonds. The molecule has 0 aliphatic carbocycles. The minimum atomic E-state index is 0.0809. The van der Waals surface area contributed by atoms with Gasteiger partial charge in [0.15, 0.2) is 0 Å². The van der Waals surface area contributed by atoms with Gasteiger partial charge in [0.05, 0.1) is 12.2 Å². The lowest BCUT2D eigenvalue weighted by molar-refractivity contribution is -0.129. The van der Waals surface area contributed by atoms with Crippen LogP contribution in [0, 0.1) is 0 Å². The molecule has 1 atom stereocenters. The van der Waals surface area contributed by atoms with Crippen LogP contribution in [0.3, 0.4) is 0 Å². The first-order valence-electron chi connectivity index (χ1n) is 7.76. The molecule has 0 unspecified atom stereocenters. The van der Waals surface area contributed by atoms with Gasteiger partial charge in [-0.3, -0.25) is 9.48 Å². The number of likely N-dealkylation sites (tertiary alicyclic amines) is 1. The molecule has 0 radical (unpaired) electrons. The number of aromatic nitrogens is 2. The molecule has 1 aliphatic rings. The lowest BCUT2D eigenvalue weighted by atomic mass is 9.97. The molecule has 2 heterocycles. The minimum absolute atomic E-state index is 0.0809. The van der Waals surface area contributed by atoms with Gasteiger partial charge in [0, 0.05) is 31.4 Å². The van der Waals surface area contributed by atoms with Crippen molar-refractivity contribution in [1.29, 1.82) is 0 Å². The molecule has 1 saturated heterocycles. The summed E-state index contributed by atoms with van der Waals surface area (Å²) in [6.45, 7) is 0.817. The second kappa shape index (κ2) is 6.60. The van der Waals surface area contributed by atoms with Gasteiger partial charge in [0.25, 0.3) is 0 Å². The molecule has 4 heteroatoms. The zero-order valence-corrected chi connectivity index (χ0v) is 12.9. The molecular weight excluding hydrogens is 274 g/mol. The van der Waals surface area contributed by atoms with Gasteiger partial charge >= 0.3 is 0 Å². The number of carbonyl (C=O) groups is 1. The monoisotopic (exact) mass is 295 g/mol. The molecule has 0 bridgehead atoms. The first kappa shape index (κ1) is 14.6. The Bertz CT molecular complexity index is 660. The maximum atomic E-state index is 12.6. The van der Waals surface area contributed by atoms with E-state index in [1.165, 1.54) is 0 Å². The van der Waals surface area contributed by atoms with Gasteiger partial charge in [0.1, 0.15) is 0 Å². The van der Waals surface area contributed by atoms with E-state index in [-0.39, 0.29) is 11.9 Å². The van der Waals surface area contributed by atoms with Crippen molar-refractivity contribution in [3.05, 3.63) is 59.9 Å². The zero-order chi connectivity index (χ0) is 15.4. The Labute approximate surface area is 131 Å². The highest BCUT2D eigenvalue weighted by Crippen LogP contribution is 2.30. The summed E-state index contributed by atoms with van der Waals surface area (Å²) >= 11 is 0. The number of nitrogens with zero attached hydrogens (tertiary/aromatic N) is 3. The average molecular weight is 295 g/mol. The summed E-state index contributed by atoms with van der Waals surface area (Å²) in [4.78, 5) is 14.5. The number of rotatable bonds is 3. The number of carbonyl (C=O) groups excluding carboxylic acids is 1. The number of piperidine rings is 1. The van der Waals surface area contributed by atoms with E-state index < -0.39 is 0 Å². The van der Waals surface area contributed by atoms with Crippen molar-refractivity contribution < 1.29 is 4.79 Å². The summed E-state index contributed by atoms with van der Waals surface area (Å²) in [5, 5.41) is 4.24. The molecule has 3 rings (SSSR count). The third-order valence-corrected chi connectivity index (χ3v) is 4.11. The Hall–Kier alpha value is -2.36. The summed E-state index contributed by atoms with van der Waals surface area (Å²) in [5.74, 6) is 0.0809. The van der Waals surface area contributed by atoms with Crippen molar-refractivity contribution >= 4 is 12.0 Å². The largest absolute Gasteiger partial charge is 0.332 e. The van der Waals surface area contributed by atoms with E-state index in [0.29, 0.717) is 0 Å². The highest BCUT2D eigenvalue weighted by Gasteiger charge is 2.27. The molecule has 1 aromatic heterocycles. The molecule has 4 nitrogen and oxygen atoms in total. The van der Waals surface area contributed by atoms with Gasteiger partial charge in [-0.2, -0.15) is 5.10 Å². The molecule has 1 aromatic carbocycles. The molecule has 1 aliphatic heterocycles. The molecular formula is C18H21N3O. The van der Waals surface area contributed by atoms with Crippen LogP contribution in [-0.2, 0) is 11.8 Å². The predicted octanol–water partition coefficient (Wildman–Crippen LogP) is 3.19. The highest BCUT2D eigenvalue weighted by molar-refractivity contribution is 5.92. The van der Waals surface area contributed by atoms with Crippen LogP contribution in [0.25, 0.3) is 6.08 Å². The Kier molecular flexibility index (Phi) is 4.37. The van der Waals surface area contributed by atoms with Gasteiger partial charge in [-0.1, -0.05) is 30.3 Å². The topological polar surface area (TPSA) is 38.1 Å². The SMILES string of the molecule is Cn1cc([C@H]2CCCCN2C(=O)/C=C/c2ccccc2)cn1. The summed E-state index contributed by atoms with van der Waals surface area (Å²) in [6.07, 6.45) is 10.7. The van der Waals surface area contributed by atoms with E-state index in [4.69, 9.17) is 0 Å². The van der Waals surface area contributed by atoms with E-state index in [2.05, 4.69) is 5.10 Å². The molecule has 114 valence electrons. The molecule has 1 fully saturated rings. The van der Waals surface area contributed by atoms with Gasteiger partial charge < -0.3 is 4.90 Å². The van der Waals surface area contributed by atoms with E-state index in [0.717, 1.165) is 36.9 Å². The van der Waals surface area contributed by atoms with Crippen LogP contribution in [0.5, 0.6) is 0 Å². The number of aryl methyl sites for hydroxylation is 1. The van der Waals surface area contributed by atoms with Crippen LogP contribution in [-0.4, -0.2) is 27.1 Å². The molecule has 0 spiro atoms. The Morgan fingerprint density at radius 1 is 1.27 bits per heavy atom. The quantitative estimate of drug-likeness (QED) is 0.816. The van der Waals surface area contributed by atoms with E-state index in [1.54, 1.807) is 10.8 Å². The lowest BCUT2D eigenvalue weighted by Crippen LogP contribution is -2.37. The Morgan fingerprint density at radius 3 is 2.82 bits per heavy atom. The zero-order valence-electron chi connectivity index (χ0n) is 12.9. The summed E-state index contributed by atoms with van der Waals surface area (Å²) in [5.41, 5.74) is 2.18. The second-order valence-corrected chi connectivity index (χ2v) is 5.73. The fourth-order valence-corrected chi connectivity index (χ4v) is 2.98. The van der Waals surface area contributed by atoms with E-state index in [9.17, 15) is 4.79 Å². The standard InChI is InChI=1S/C18H21N3O/c1-20-14-16(13-19-20)17-9-5-6-12-21(17)18(22)11-10-15-7-3-2-4-8-15/h2-4,7-8,10-11,13-14,17H,5-6,9,12H2,1H3/b11-10+/t17-/m1/s1. The molecule has 2 aromatic rings. The first-order chi connectivity index (χ1) is 10.7. The van der Waals surface area contributed by atoms with Gasteiger partial charge in [0.2, 0.25) is 5.91 Å². The van der Waals surface area contributed by atoms with Gasteiger partial charge in [-0.25, -0.2) is 0 Å².